The van der Waals surface area contributed by atoms with Gasteiger partial charge in [-0.15, -0.1) is 0 Å². The zero-order valence-corrected chi connectivity index (χ0v) is 32.2. The summed E-state index contributed by atoms with van der Waals surface area (Å²) >= 11 is 0. The molecule has 0 fully saturated rings. The first-order chi connectivity index (χ1) is 29.2. The van der Waals surface area contributed by atoms with Crippen molar-refractivity contribution in [2.24, 2.45) is 0 Å². The molecular weight excluding hydrogens is 715 g/mol. The van der Waals surface area contributed by atoms with Gasteiger partial charge in [0.05, 0.1) is 22.4 Å². The van der Waals surface area contributed by atoms with E-state index in [2.05, 4.69) is 205 Å². The van der Waals surface area contributed by atoms with Gasteiger partial charge in [-0.1, -0.05) is 182 Å². The Kier molecular flexibility index (Phi) is 8.49. The first-order valence-electron chi connectivity index (χ1n) is 20.1. The van der Waals surface area contributed by atoms with E-state index >= 15 is 0 Å². The molecule has 0 unspecified atom stereocenters. The number of aromatic nitrogens is 3. The van der Waals surface area contributed by atoms with Crippen LogP contribution in [0.3, 0.4) is 0 Å². The van der Waals surface area contributed by atoms with E-state index in [1.54, 1.807) is 0 Å². The van der Waals surface area contributed by atoms with Crippen LogP contribution < -0.4 is 0 Å². The summed E-state index contributed by atoms with van der Waals surface area (Å²) < 4.78 is 2.39. The Labute approximate surface area is 343 Å². The average Bonchev–Trinajstić information content (AvgIpc) is 3.65. The van der Waals surface area contributed by atoms with E-state index in [9.17, 15) is 0 Å². The lowest BCUT2D eigenvalue weighted by Crippen LogP contribution is -1.96. The smallest absolute Gasteiger partial charge is 0.160 e. The molecule has 3 heteroatoms. The molecule has 0 saturated carbocycles. The number of benzene rings is 9. The van der Waals surface area contributed by atoms with Crippen LogP contribution in [0.2, 0.25) is 0 Å². The first kappa shape index (κ1) is 34.4. The molecule has 2 heterocycles. The Morgan fingerprint density at radius 1 is 0.271 bits per heavy atom. The number of rotatable bonds is 7. The van der Waals surface area contributed by atoms with Crippen LogP contribution >= 0.6 is 0 Å². The topological polar surface area (TPSA) is 30.7 Å². The second-order valence-corrected chi connectivity index (χ2v) is 15.0. The summed E-state index contributed by atoms with van der Waals surface area (Å²) in [6.07, 6.45) is 0. The summed E-state index contributed by atoms with van der Waals surface area (Å²) in [5, 5.41) is 4.81. The molecule has 0 saturated heterocycles. The fourth-order valence-corrected chi connectivity index (χ4v) is 8.56. The fourth-order valence-electron chi connectivity index (χ4n) is 8.56. The zero-order valence-electron chi connectivity index (χ0n) is 32.2. The molecule has 0 bridgehead atoms. The van der Waals surface area contributed by atoms with Gasteiger partial charge in [0.15, 0.2) is 5.82 Å². The van der Waals surface area contributed by atoms with Crippen LogP contribution in [0.1, 0.15) is 0 Å². The summed E-state index contributed by atoms with van der Waals surface area (Å²) in [4.78, 5) is 10.2. The lowest BCUT2D eigenvalue weighted by atomic mass is 9.92. The number of fused-ring (bicyclic) bond motifs is 4. The second kappa shape index (κ2) is 14.6. The SMILES string of the molecule is c1ccc(-c2ccc(-n3c4ccccc4c4cc(-c5cccc(-c6ccc(-c7cc(-c8ccccc8)nc(-c8ccccc8)n7)c7ccccc67)c5)ccc43)cc2)cc1. The van der Waals surface area contributed by atoms with Gasteiger partial charge in [-0.2, -0.15) is 0 Å². The highest BCUT2D eigenvalue weighted by Gasteiger charge is 2.17. The Hall–Kier alpha value is -7.88. The summed E-state index contributed by atoms with van der Waals surface area (Å²) in [5.41, 5.74) is 15.6. The molecule has 276 valence electrons. The van der Waals surface area contributed by atoms with Crippen LogP contribution in [0.25, 0.3) is 106 Å². The van der Waals surface area contributed by atoms with Gasteiger partial charge in [0, 0.05) is 33.2 Å². The van der Waals surface area contributed by atoms with Crippen LogP contribution in [0.5, 0.6) is 0 Å². The summed E-state index contributed by atoms with van der Waals surface area (Å²) in [5.74, 6) is 0.712. The van der Waals surface area contributed by atoms with Crippen LogP contribution in [0.15, 0.2) is 224 Å². The lowest BCUT2D eigenvalue weighted by molar-refractivity contribution is 1.18. The van der Waals surface area contributed by atoms with Gasteiger partial charge < -0.3 is 4.57 Å². The fraction of sp³-hybridized carbons (Fsp3) is 0. The number of para-hydroxylation sites is 1. The maximum absolute atomic E-state index is 5.18. The molecule has 0 amide bonds. The van der Waals surface area contributed by atoms with Gasteiger partial charge in [-0.05, 0) is 86.6 Å². The normalized spacial score (nSPS) is 11.4. The van der Waals surface area contributed by atoms with Gasteiger partial charge in [0.2, 0.25) is 0 Å². The maximum atomic E-state index is 5.18. The van der Waals surface area contributed by atoms with E-state index in [0.717, 1.165) is 39.2 Å². The Morgan fingerprint density at radius 3 is 1.53 bits per heavy atom. The molecule has 11 aromatic rings. The molecule has 9 aromatic carbocycles. The molecule has 0 aliphatic heterocycles. The largest absolute Gasteiger partial charge is 0.309 e. The van der Waals surface area contributed by atoms with Crippen LogP contribution in [0, 0.1) is 0 Å². The minimum absolute atomic E-state index is 0.712. The third-order valence-corrected chi connectivity index (χ3v) is 11.4. The molecule has 0 radical (unpaired) electrons. The third kappa shape index (κ3) is 6.26. The van der Waals surface area contributed by atoms with E-state index in [-0.39, 0.29) is 0 Å². The zero-order chi connectivity index (χ0) is 39.1. The van der Waals surface area contributed by atoms with Crippen LogP contribution in [0.4, 0.5) is 0 Å². The number of nitrogens with zero attached hydrogens (tertiary/aromatic N) is 3. The summed E-state index contributed by atoms with van der Waals surface area (Å²) in [7, 11) is 0. The van der Waals surface area contributed by atoms with Crippen LogP contribution in [-0.2, 0) is 0 Å². The van der Waals surface area contributed by atoms with Gasteiger partial charge in [-0.3, -0.25) is 0 Å². The first-order valence-corrected chi connectivity index (χ1v) is 20.1. The molecule has 0 spiro atoms. The maximum Gasteiger partial charge on any atom is 0.160 e. The summed E-state index contributed by atoms with van der Waals surface area (Å²) in [6, 6.07) is 79.9. The molecular formula is C56H37N3. The Bertz CT molecular complexity index is 3240. The minimum atomic E-state index is 0.712. The Morgan fingerprint density at radius 2 is 0.780 bits per heavy atom. The van der Waals surface area contributed by atoms with Crippen LogP contribution in [-0.4, -0.2) is 14.5 Å². The molecule has 11 rings (SSSR count). The molecule has 59 heavy (non-hydrogen) atoms. The van der Waals surface area contributed by atoms with Crippen molar-refractivity contribution in [1.82, 2.24) is 14.5 Å². The second-order valence-electron chi connectivity index (χ2n) is 15.0. The van der Waals surface area contributed by atoms with E-state index in [4.69, 9.17) is 9.97 Å². The highest BCUT2D eigenvalue weighted by molar-refractivity contribution is 6.11. The molecule has 2 aromatic heterocycles. The highest BCUT2D eigenvalue weighted by Crippen LogP contribution is 2.40. The molecule has 0 atom stereocenters. The van der Waals surface area contributed by atoms with Crippen molar-refractivity contribution in [3.8, 4) is 73.0 Å². The van der Waals surface area contributed by atoms with Crippen molar-refractivity contribution in [1.29, 1.82) is 0 Å². The number of hydrogen-bond donors (Lipinski definition) is 0. The van der Waals surface area contributed by atoms with E-state index < -0.39 is 0 Å². The van der Waals surface area contributed by atoms with Gasteiger partial charge in [0.25, 0.3) is 0 Å². The van der Waals surface area contributed by atoms with Crippen molar-refractivity contribution in [3.63, 3.8) is 0 Å². The molecule has 0 N–H and O–H groups in total. The lowest BCUT2D eigenvalue weighted by Gasteiger charge is -2.14. The minimum Gasteiger partial charge on any atom is -0.309 e. The van der Waals surface area contributed by atoms with E-state index in [0.29, 0.717) is 5.82 Å². The van der Waals surface area contributed by atoms with Gasteiger partial charge in [-0.25, -0.2) is 9.97 Å². The standard InChI is InChI=1S/C56H37N3/c1-4-15-38(16-5-1)39-27-30-45(31-28-39)59-54-26-13-12-25-50(54)51-36-43(29-34-55(51)59)42-21-14-22-44(35-42)46-32-33-49(48-24-11-10-23-47(46)48)53-37-52(40-17-6-2-7-18-40)57-56(58-53)41-19-8-3-9-20-41/h1-37H. The average molecular weight is 752 g/mol. The molecule has 3 nitrogen and oxygen atoms in total. The van der Waals surface area contributed by atoms with E-state index in [1.807, 2.05) is 24.3 Å². The summed E-state index contributed by atoms with van der Waals surface area (Å²) in [6.45, 7) is 0. The highest BCUT2D eigenvalue weighted by atomic mass is 15.0. The monoisotopic (exact) mass is 751 g/mol. The van der Waals surface area contributed by atoms with Gasteiger partial charge >= 0.3 is 0 Å². The van der Waals surface area contributed by atoms with Crippen molar-refractivity contribution in [3.05, 3.63) is 224 Å². The van der Waals surface area contributed by atoms with Crippen molar-refractivity contribution >= 4 is 32.6 Å². The quantitative estimate of drug-likeness (QED) is 0.162. The predicted octanol–water partition coefficient (Wildman–Crippen LogP) is 14.7. The third-order valence-electron chi connectivity index (χ3n) is 11.4. The molecule has 0 aliphatic carbocycles. The molecule has 0 aliphatic rings. The Balaban J connectivity index is 0.994. The predicted molar refractivity (Wildman–Crippen MR) is 246 cm³/mol. The van der Waals surface area contributed by atoms with E-state index in [1.165, 1.54) is 60.6 Å². The van der Waals surface area contributed by atoms with Crippen molar-refractivity contribution in [2.45, 2.75) is 0 Å². The van der Waals surface area contributed by atoms with Gasteiger partial charge in [0.1, 0.15) is 0 Å². The number of hydrogen-bond acceptors (Lipinski definition) is 2. The van der Waals surface area contributed by atoms with Crippen molar-refractivity contribution in [2.75, 3.05) is 0 Å². The van der Waals surface area contributed by atoms with Crippen molar-refractivity contribution < 1.29 is 0 Å².